The van der Waals surface area contributed by atoms with Gasteiger partial charge < -0.3 is 9.47 Å². The van der Waals surface area contributed by atoms with E-state index in [0.717, 1.165) is 17.5 Å². The van der Waals surface area contributed by atoms with Crippen molar-refractivity contribution in [3.05, 3.63) is 70.8 Å². The van der Waals surface area contributed by atoms with E-state index in [9.17, 15) is 9.59 Å². The van der Waals surface area contributed by atoms with Gasteiger partial charge in [0, 0.05) is 5.92 Å². The highest BCUT2D eigenvalue weighted by molar-refractivity contribution is 5.90. The molecule has 0 fully saturated rings. The first-order valence-corrected chi connectivity index (χ1v) is 8.47. The van der Waals surface area contributed by atoms with Crippen LogP contribution >= 0.6 is 0 Å². The minimum Gasteiger partial charge on any atom is -0.462 e. The third-order valence-electron chi connectivity index (χ3n) is 4.05. The van der Waals surface area contributed by atoms with E-state index >= 15 is 0 Å². The zero-order chi connectivity index (χ0) is 18.2. The molecule has 2 aromatic carbocycles. The van der Waals surface area contributed by atoms with E-state index in [1.807, 2.05) is 45.0 Å². The maximum atomic E-state index is 12.0. The summed E-state index contributed by atoms with van der Waals surface area (Å²) in [5.41, 5.74) is 3.23. The highest BCUT2D eigenvalue weighted by Crippen LogP contribution is 2.11. The van der Waals surface area contributed by atoms with Crippen molar-refractivity contribution in [1.82, 2.24) is 0 Å². The van der Waals surface area contributed by atoms with Crippen LogP contribution in [0.3, 0.4) is 0 Å². The molecule has 0 atom stereocenters. The lowest BCUT2D eigenvalue weighted by molar-refractivity contribution is 0.0254. The average Bonchev–Trinajstić information content (AvgIpc) is 2.62. The molecule has 0 saturated carbocycles. The number of ether oxygens (including phenoxy) is 2. The Morgan fingerprint density at radius 3 is 1.44 bits per heavy atom. The molecule has 0 saturated heterocycles. The minimum absolute atomic E-state index is 0.0243. The molecule has 25 heavy (non-hydrogen) atoms. The number of hydrogen-bond donors (Lipinski definition) is 0. The molecule has 0 spiro atoms. The van der Waals surface area contributed by atoms with E-state index in [1.54, 1.807) is 24.3 Å². The molecule has 0 aliphatic heterocycles. The van der Waals surface area contributed by atoms with Crippen LogP contribution < -0.4 is 0 Å². The Morgan fingerprint density at radius 1 is 0.760 bits per heavy atom. The zero-order valence-electron chi connectivity index (χ0n) is 15.0. The number of rotatable bonds is 7. The van der Waals surface area contributed by atoms with Crippen molar-refractivity contribution < 1.29 is 19.1 Å². The van der Waals surface area contributed by atoms with Gasteiger partial charge in [0.1, 0.15) is 0 Å². The standard InChI is InChI=1S/C21H24O4/c1-4-17(13-24-20(22)18-9-5-15(2)6-10-18)14-25-21(23)19-11-7-16(3)8-12-19/h5-12,17H,4,13-14H2,1-3H3. The van der Waals surface area contributed by atoms with Crippen LogP contribution in [-0.4, -0.2) is 25.2 Å². The number of hydrogen-bond acceptors (Lipinski definition) is 4. The molecule has 4 heteroatoms. The van der Waals surface area contributed by atoms with Crippen LogP contribution in [0.15, 0.2) is 48.5 Å². The van der Waals surface area contributed by atoms with E-state index in [-0.39, 0.29) is 31.1 Å². The second kappa shape index (κ2) is 9.02. The van der Waals surface area contributed by atoms with Crippen LogP contribution in [0, 0.1) is 19.8 Å². The van der Waals surface area contributed by atoms with Crippen LogP contribution in [0.1, 0.15) is 45.2 Å². The minimum atomic E-state index is -0.358. The van der Waals surface area contributed by atoms with Gasteiger partial charge in [-0.15, -0.1) is 0 Å². The lowest BCUT2D eigenvalue weighted by Crippen LogP contribution is -2.20. The molecular weight excluding hydrogens is 316 g/mol. The molecule has 132 valence electrons. The fraction of sp³-hybridized carbons (Fsp3) is 0.333. The quantitative estimate of drug-likeness (QED) is 0.704. The monoisotopic (exact) mass is 340 g/mol. The smallest absolute Gasteiger partial charge is 0.338 e. The second-order valence-electron chi connectivity index (χ2n) is 6.20. The summed E-state index contributed by atoms with van der Waals surface area (Å²) >= 11 is 0. The first-order chi connectivity index (χ1) is 12.0. The number of carbonyl (C=O) groups excluding carboxylic acids is 2. The molecule has 0 bridgehead atoms. The van der Waals surface area contributed by atoms with E-state index in [1.165, 1.54) is 0 Å². The maximum Gasteiger partial charge on any atom is 0.338 e. The van der Waals surface area contributed by atoms with Crippen molar-refractivity contribution in [3.63, 3.8) is 0 Å². The number of aryl methyl sites for hydroxylation is 2. The second-order valence-corrected chi connectivity index (χ2v) is 6.20. The van der Waals surface area contributed by atoms with Crippen molar-refractivity contribution in [2.75, 3.05) is 13.2 Å². The fourth-order valence-electron chi connectivity index (χ4n) is 2.22. The van der Waals surface area contributed by atoms with E-state index in [4.69, 9.17) is 9.47 Å². The summed E-state index contributed by atoms with van der Waals surface area (Å²) in [6.45, 7) is 6.36. The molecular formula is C21H24O4. The zero-order valence-corrected chi connectivity index (χ0v) is 15.0. The highest BCUT2D eigenvalue weighted by Gasteiger charge is 2.15. The van der Waals surface area contributed by atoms with Crippen LogP contribution in [-0.2, 0) is 9.47 Å². The predicted octanol–water partition coefficient (Wildman–Crippen LogP) is 4.34. The molecule has 2 rings (SSSR count). The summed E-state index contributed by atoms with van der Waals surface area (Å²) < 4.78 is 10.7. The van der Waals surface area contributed by atoms with E-state index in [0.29, 0.717) is 11.1 Å². The summed E-state index contributed by atoms with van der Waals surface area (Å²) in [5, 5.41) is 0. The van der Waals surface area contributed by atoms with Gasteiger partial charge in [0.25, 0.3) is 0 Å². The van der Waals surface area contributed by atoms with Gasteiger partial charge in [0.05, 0.1) is 24.3 Å². The lowest BCUT2D eigenvalue weighted by Gasteiger charge is -2.15. The molecule has 0 unspecified atom stereocenters. The topological polar surface area (TPSA) is 52.6 Å². The number of benzene rings is 2. The Labute approximate surface area is 148 Å². The van der Waals surface area contributed by atoms with Crippen LogP contribution in [0.4, 0.5) is 0 Å². The van der Waals surface area contributed by atoms with Gasteiger partial charge in [-0.3, -0.25) is 0 Å². The van der Waals surface area contributed by atoms with Crippen molar-refractivity contribution in [1.29, 1.82) is 0 Å². The molecule has 0 amide bonds. The Morgan fingerprint density at radius 2 is 1.12 bits per heavy atom. The van der Waals surface area contributed by atoms with Gasteiger partial charge in [-0.2, -0.15) is 0 Å². The van der Waals surface area contributed by atoms with Crippen LogP contribution in [0.5, 0.6) is 0 Å². The van der Waals surface area contributed by atoms with Crippen molar-refractivity contribution in [3.8, 4) is 0 Å². The molecule has 0 radical (unpaired) electrons. The highest BCUT2D eigenvalue weighted by atomic mass is 16.5. The lowest BCUT2D eigenvalue weighted by atomic mass is 10.1. The number of carbonyl (C=O) groups is 2. The molecule has 0 aliphatic rings. The third kappa shape index (κ3) is 5.75. The molecule has 0 aromatic heterocycles. The Kier molecular flexibility index (Phi) is 6.75. The molecule has 0 heterocycles. The van der Waals surface area contributed by atoms with Crippen molar-refractivity contribution in [2.45, 2.75) is 27.2 Å². The maximum absolute atomic E-state index is 12.0. The van der Waals surface area contributed by atoms with Gasteiger partial charge in [0.15, 0.2) is 0 Å². The summed E-state index contributed by atoms with van der Waals surface area (Å²) in [6.07, 6.45) is 0.752. The van der Waals surface area contributed by atoms with Gasteiger partial charge in [-0.05, 0) is 44.5 Å². The average molecular weight is 340 g/mol. The van der Waals surface area contributed by atoms with E-state index < -0.39 is 0 Å². The normalized spacial score (nSPS) is 10.6. The fourth-order valence-corrected chi connectivity index (χ4v) is 2.22. The van der Waals surface area contributed by atoms with Crippen LogP contribution in [0.2, 0.25) is 0 Å². The summed E-state index contributed by atoms with van der Waals surface area (Å²) in [7, 11) is 0. The van der Waals surface area contributed by atoms with Gasteiger partial charge in [0.2, 0.25) is 0 Å². The largest absolute Gasteiger partial charge is 0.462 e. The van der Waals surface area contributed by atoms with Crippen molar-refractivity contribution in [2.24, 2.45) is 5.92 Å². The van der Waals surface area contributed by atoms with Gasteiger partial charge in [-0.1, -0.05) is 42.3 Å². The third-order valence-corrected chi connectivity index (χ3v) is 4.05. The first-order valence-electron chi connectivity index (χ1n) is 8.47. The predicted molar refractivity (Wildman–Crippen MR) is 96.7 cm³/mol. The molecule has 0 N–H and O–H groups in total. The summed E-state index contributed by atoms with van der Waals surface area (Å²) in [6, 6.07) is 14.5. The summed E-state index contributed by atoms with van der Waals surface area (Å²) in [4.78, 5) is 24.1. The van der Waals surface area contributed by atoms with Gasteiger partial charge >= 0.3 is 11.9 Å². The number of esters is 2. The van der Waals surface area contributed by atoms with Gasteiger partial charge in [-0.25, -0.2) is 9.59 Å². The SMILES string of the molecule is CCC(COC(=O)c1ccc(C)cc1)COC(=O)c1ccc(C)cc1. The van der Waals surface area contributed by atoms with Crippen LogP contribution in [0.25, 0.3) is 0 Å². The Balaban J connectivity index is 1.81. The van der Waals surface area contributed by atoms with Crippen molar-refractivity contribution >= 4 is 11.9 Å². The Bertz CT molecular complexity index is 640. The summed E-state index contributed by atoms with van der Waals surface area (Å²) in [5.74, 6) is -0.740. The molecule has 4 nitrogen and oxygen atoms in total. The first kappa shape index (κ1) is 18.7. The molecule has 2 aromatic rings. The molecule has 0 aliphatic carbocycles. The Hall–Kier alpha value is -2.62. The van der Waals surface area contributed by atoms with E-state index in [2.05, 4.69) is 0 Å².